The molecule has 2 aromatic rings. The second-order valence-electron chi connectivity index (χ2n) is 5.07. The van der Waals surface area contributed by atoms with Gasteiger partial charge in [0.05, 0.1) is 19.9 Å². The molecule has 0 spiro atoms. The van der Waals surface area contributed by atoms with Crippen molar-refractivity contribution in [1.29, 1.82) is 0 Å². The van der Waals surface area contributed by atoms with Gasteiger partial charge in [-0.15, -0.1) is 0 Å². The van der Waals surface area contributed by atoms with Gasteiger partial charge < -0.3 is 14.2 Å². The van der Waals surface area contributed by atoms with Crippen LogP contribution in [0.15, 0.2) is 42.5 Å². The van der Waals surface area contributed by atoms with E-state index < -0.39 is 6.09 Å². The summed E-state index contributed by atoms with van der Waals surface area (Å²) in [6.07, 6.45) is 1.39. The Bertz CT molecular complexity index is 768. The lowest BCUT2D eigenvalue weighted by atomic mass is 10.1. The summed E-state index contributed by atoms with van der Waals surface area (Å²) in [7, 11) is 4.79. The summed E-state index contributed by atoms with van der Waals surface area (Å²) in [5, 5.41) is 0. The minimum Gasteiger partial charge on any atom is -0.493 e. The van der Waals surface area contributed by atoms with E-state index >= 15 is 0 Å². The van der Waals surface area contributed by atoms with Gasteiger partial charge in [-0.2, -0.15) is 0 Å². The van der Waals surface area contributed by atoms with E-state index in [0.717, 1.165) is 11.1 Å². The van der Waals surface area contributed by atoms with Crippen LogP contribution in [0.25, 0.3) is 11.8 Å². The summed E-state index contributed by atoms with van der Waals surface area (Å²) in [5.74, 6) is 1.62. The Hall–Kier alpha value is -2.95. The van der Waals surface area contributed by atoms with Crippen molar-refractivity contribution in [3.63, 3.8) is 0 Å². The maximum absolute atomic E-state index is 12.1. The van der Waals surface area contributed by atoms with E-state index in [9.17, 15) is 4.79 Å². The molecule has 1 heterocycles. The minimum atomic E-state index is -0.438. The number of hydrogen-bond acceptors (Lipinski definition) is 4. The second kappa shape index (κ2) is 6.04. The summed E-state index contributed by atoms with van der Waals surface area (Å²) >= 11 is 0. The standard InChI is InChI=1S/C18H17NO4/c1-19-14-11-17(22-3)16(21-2)10-13(14)15(23-18(19)20)9-12-7-5-4-6-8-12/h4-11H,1-3H3/b15-9-. The van der Waals surface area contributed by atoms with Crippen molar-refractivity contribution in [2.24, 2.45) is 0 Å². The van der Waals surface area contributed by atoms with Crippen molar-refractivity contribution < 1.29 is 19.0 Å². The van der Waals surface area contributed by atoms with Gasteiger partial charge >= 0.3 is 6.09 Å². The van der Waals surface area contributed by atoms with E-state index in [2.05, 4.69) is 0 Å². The van der Waals surface area contributed by atoms with Crippen molar-refractivity contribution in [2.75, 3.05) is 26.2 Å². The van der Waals surface area contributed by atoms with Crippen LogP contribution in [0.4, 0.5) is 10.5 Å². The minimum absolute atomic E-state index is 0.438. The number of amides is 1. The van der Waals surface area contributed by atoms with E-state index in [1.807, 2.05) is 42.5 Å². The van der Waals surface area contributed by atoms with Crippen molar-refractivity contribution in [3.05, 3.63) is 53.6 Å². The lowest BCUT2D eigenvalue weighted by molar-refractivity contribution is 0.199. The molecule has 1 aliphatic heterocycles. The van der Waals surface area contributed by atoms with Crippen LogP contribution in [0.5, 0.6) is 11.5 Å². The van der Waals surface area contributed by atoms with Crippen molar-refractivity contribution >= 4 is 23.6 Å². The number of anilines is 1. The SMILES string of the molecule is COc1cc2c(cc1OC)N(C)C(=O)O/C2=C\c1ccccc1. The molecular formula is C18H17NO4. The number of nitrogens with zero attached hydrogens (tertiary/aromatic N) is 1. The van der Waals surface area contributed by atoms with Gasteiger partial charge in [-0.05, 0) is 17.7 Å². The number of benzene rings is 2. The molecule has 5 heteroatoms. The fourth-order valence-corrected chi connectivity index (χ4v) is 2.47. The molecule has 5 nitrogen and oxygen atoms in total. The third kappa shape index (κ3) is 2.73. The van der Waals surface area contributed by atoms with Crippen LogP contribution in [0, 0.1) is 0 Å². The lowest BCUT2D eigenvalue weighted by Gasteiger charge is -2.28. The van der Waals surface area contributed by atoms with Gasteiger partial charge in [-0.25, -0.2) is 4.79 Å². The average Bonchev–Trinajstić information content (AvgIpc) is 2.59. The maximum atomic E-state index is 12.1. The average molecular weight is 311 g/mol. The molecule has 0 fully saturated rings. The van der Waals surface area contributed by atoms with Gasteiger partial charge in [0.1, 0.15) is 5.76 Å². The van der Waals surface area contributed by atoms with Gasteiger partial charge in [0, 0.05) is 18.7 Å². The Kier molecular flexibility index (Phi) is 3.93. The smallest absolute Gasteiger partial charge is 0.419 e. The first-order valence-electron chi connectivity index (χ1n) is 7.12. The number of rotatable bonds is 3. The fourth-order valence-electron chi connectivity index (χ4n) is 2.47. The first-order valence-corrected chi connectivity index (χ1v) is 7.12. The summed E-state index contributed by atoms with van der Waals surface area (Å²) in [4.78, 5) is 13.5. The molecule has 118 valence electrons. The largest absolute Gasteiger partial charge is 0.493 e. The highest BCUT2D eigenvalue weighted by Gasteiger charge is 2.28. The molecule has 0 saturated carbocycles. The number of methoxy groups -OCH3 is 2. The molecule has 23 heavy (non-hydrogen) atoms. The quantitative estimate of drug-likeness (QED) is 0.865. The summed E-state index contributed by atoms with van der Waals surface area (Å²) in [5.41, 5.74) is 2.43. The van der Waals surface area contributed by atoms with Gasteiger partial charge in [0.2, 0.25) is 0 Å². The summed E-state index contributed by atoms with van der Waals surface area (Å²) in [6.45, 7) is 0. The predicted octanol–water partition coefficient (Wildman–Crippen LogP) is 3.79. The molecule has 1 amide bonds. The van der Waals surface area contributed by atoms with E-state index in [0.29, 0.717) is 22.9 Å². The number of carbonyl (C=O) groups is 1. The van der Waals surface area contributed by atoms with Crippen LogP contribution in [0.3, 0.4) is 0 Å². The highest BCUT2D eigenvalue weighted by molar-refractivity contribution is 6.02. The van der Waals surface area contributed by atoms with Gasteiger partial charge in [-0.3, -0.25) is 4.90 Å². The Morgan fingerprint density at radius 3 is 2.35 bits per heavy atom. The molecule has 0 unspecified atom stereocenters. The Labute approximate surface area is 134 Å². The Balaban J connectivity index is 2.17. The molecule has 0 radical (unpaired) electrons. The topological polar surface area (TPSA) is 48.0 Å². The highest BCUT2D eigenvalue weighted by atomic mass is 16.6. The predicted molar refractivity (Wildman–Crippen MR) is 88.7 cm³/mol. The van der Waals surface area contributed by atoms with Crippen LogP contribution in [0.2, 0.25) is 0 Å². The van der Waals surface area contributed by atoms with E-state index in [4.69, 9.17) is 14.2 Å². The van der Waals surface area contributed by atoms with Crippen molar-refractivity contribution in [3.8, 4) is 11.5 Å². The molecule has 0 aromatic heterocycles. The molecule has 0 aliphatic carbocycles. The molecule has 2 aromatic carbocycles. The van der Waals surface area contributed by atoms with E-state index in [1.54, 1.807) is 27.3 Å². The zero-order chi connectivity index (χ0) is 16.4. The monoisotopic (exact) mass is 311 g/mol. The lowest BCUT2D eigenvalue weighted by Crippen LogP contribution is -2.31. The summed E-state index contributed by atoms with van der Waals surface area (Å²) < 4.78 is 16.1. The number of fused-ring (bicyclic) bond motifs is 1. The van der Waals surface area contributed by atoms with Crippen molar-refractivity contribution in [1.82, 2.24) is 0 Å². The molecular weight excluding hydrogens is 294 g/mol. The third-order valence-electron chi connectivity index (χ3n) is 3.70. The van der Waals surface area contributed by atoms with Gasteiger partial charge in [-0.1, -0.05) is 30.3 Å². The molecule has 0 bridgehead atoms. The highest BCUT2D eigenvalue weighted by Crippen LogP contribution is 2.41. The molecule has 1 aliphatic rings. The molecule has 0 N–H and O–H groups in total. The van der Waals surface area contributed by atoms with Crippen LogP contribution < -0.4 is 14.4 Å². The molecule has 3 rings (SSSR count). The first-order chi connectivity index (χ1) is 11.1. The Morgan fingerprint density at radius 2 is 1.70 bits per heavy atom. The Morgan fingerprint density at radius 1 is 1.04 bits per heavy atom. The number of hydrogen-bond donors (Lipinski definition) is 0. The number of cyclic esters (lactones) is 1. The maximum Gasteiger partial charge on any atom is 0.419 e. The van der Waals surface area contributed by atoms with Crippen molar-refractivity contribution in [2.45, 2.75) is 0 Å². The zero-order valence-electron chi connectivity index (χ0n) is 13.2. The first kappa shape index (κ1) is 15.0. The third-order valence-corrected chi connectivity index (χ3v) is 3.70. The van der Waals surface area contributed by atoms with Crippen LogP contribution in [-0.4, -0.2) is 27.4 Å². The van der Waals surface area contributed by atoms with E-state index in [1.165, 1.54) is 4.90 Å². The normalized spacial score (nSPS) is 15.2. The fraction of sp³-hybridized carbons (Fsp3) is 0.167. The second-order valence-corrected chi connectivity index (χ2v) is 5.07. The van der Waals surface area contributed by atoms with Crippen LogP contribution in [0.1, 0.15) is 11.1 Å². The van der Waals surface area contributed by atoms with Gasteiger partial charge in [0.25, 0.3) is 0 Å². The van der Waals surface area contributed by atoms with Crippen LogP contribution in [-0.2, 0) is 4.74 Å². The number of ether oxygens (including phenoxy) is 3. The van der Waals surface area contributed by atoms with E-state index in [-0.39, 0.29) is 0 Å². The number of carbonyl (C=O) groups excluding carboxylic acids is 1. The van der Waals surface area contributed by atoms with Gasteiger partial charge in [0.15, 0.2) is 11.5 Å². The molecule has 0 saturated heterocycles. The molecule has 0 atom stereocenters. The zero-order valence-corrected chi connectivity index (χ0v) is 13.2. The van der Waals surface area contributed by atoms with Crippen LogP contribution >= 0.6 is 0 Å². The summed E-state index contributed by atoms with van der Waals surface area (Å²) in [6, 6.07) is 13.3.